The molecule has 1 spiro atoms. The number of hydrazine groups is 1. The molecule has 7 heteroatoms. The van der Waals surface area contributed by atoms with Crippen molar-refractivity contribution in [2.24, 2.45) is 34.8 Å². The van der Waals surface area contributed by atoms with Crippen molar-refractivity contribution in [3.8, 4) is 0 Å². The van der Waals surface area contributed by atoms with Gasteiger partial charge in [-0.15, -0.1) is 0 Å². The smallest absolute Gasteiger partial charge is 0.226 e. The third kappa shape index (κ3) is 6.33. The molecule has 5 aliphatic heterocycles. The molecule has 5 saturated heterocycles. The Balaban J connectivity index is 1.38. The summed E-state index contributed by atoms with van der Waals surface area (Å²) in [5, 5.41) is 13.5. The van der Waals surface area contributed by atoms with E-state index in [-0.39, 0.29) is 23.5 Å². The lowest BCUT2D eigenvalue weighted by Crippen LogP contribution is -2.65. The molecule has 0 aromatic heterocycles. The highest BCUT2D eigenvalue weighted by Crippen LogP contribution is 2.59. The molecule has 6 bridgehead atoms. The topological polar surface area (TPSA) is 76.9 Å². The monoisotopic (exact) mass is 633 g/mol. The van der Waals surface area contributed by atoms with Gasteiger partial charge in [-0.1, -0.05) is 62.8 Å². The summed E-state index contributed by atoms with van der Waals surface area (Å²) in [5.74, 6) is 2.64. The second-order valence-corrected chi connectivity index (χ2v) is 16.4. The molecule has 2 saturated carbocycles. The number of hydrogen-bond acceptors (Lipinski definition) is 6. The Bertz CT molecular complexity index is 1160. The van der Waals surface area contributed by atoms with Gasteiger partial charge in [-0.05, 0) is 94.6 Å². The molecule has 1 aromatic carbocycles. The average molecular weight is 633 g/mol. The number of carbonyl (C=O) groups excluding carboxylic acids is 1. The third-order valence-corrected chi connectivity index (χ3v) is 13.5. The standard InChI is InChI=1S/C39H64N6O/c1-28(2)45-37-34-27-44(45)33-17-15-31(16-18-33)30-12-5-3-6-19-39(20-10-14-30,35(34)38(46)43-23-7-4-8-24-43)36(42-37)32-13-9-11-29(25-32)26-41-22-21-40/h9,11,13,25,28,30-31,33-37,41-42H,3-8,10,12,14-24,26-27,40H2,1-2H3. The van der Waals surface area contributed by atoms with Crippen molar-refractivity contribution in [2.45, 2.75) is 141 Å². The quantitative estimate of drug-likeness (QED) is 0.311. The second kappa shape index (κ2) is 14.5. The van der Waals surface area contributed by atoms with Crippen LogP contribution >= 0.6 is 0 Å². The van der Waals surface area contributed by atoms with Gasteiger partial charge in [0.05, 0.1) is 12.1 Å². The summed E-state index contributed by atoms with van der Waals surface area (Å²) in [6.07, 6.45) is 19.5. The van der Waals surface area contributed by atoms with Crippen molar-refractivity contribution in [3.05, 3.63) is 35.4 Å². The first-order chi connectivity index (χ1) is 22.5. The molecule has 7 aliphatic rings. The number of amides is 1. The highest BCUT2D eigenvalue weighted by molar-refractivity contribution is 5.81. The maximum atomic E-state index is 15.4. The number of likely N-dealkylation sites (tertiary alicyclic amines) is 1. The van der Waals surface area contributed by atoms with E-state index in [0.717, 1.165) is 63.8 Å². The van der Waals surface area contributed by atoms with Gasteiger partial charge in [0.25, 0.3) is 0 Å². The maximum Gasteiger partial charge on any atom is 0.226 e. The van der Waals surface area contributed by atoms with Crippen LogP contribution in [0.4, 0.5) is 0 Å². The Kier molecular flexibility index (Phi) is 10.4. The molecule has 0 radical (unpaired) electrons. The molecule has 1 amide bonds. The van der Waals surface area contributed by atoms with Crippen LogP contribution in [0.5, 0.6) is 0 Å². The molecule has 8 rings (SSSR count). The Morgan fingerprint density at radius 2 is 1.70 bits per heavy atom. The number of nitrogens with one attached hydrogen (secondary N) is 2. The zero-order valence-corrected chi connectivity index (χ0v) is 29.1. The van der Waals surface area contributed by atoms with Crippen LogP contribution in [0.2, 0.25) is 0 Å². The SMILES string of the molecule is CC(C)N1C2NC(c3cccc(CNCCN)c3)C34CCCCCC(CCC3)C3CCC(CC3)N1CC2C4C(=O)N1CCCCC1. The molecular formula is C39H64N6O. The van der Waals surface area contributed by atoms with E-state index in [9.17, 15) is 0 Å². The predicted molar refractivity (Wildman–Crippen MR) is 187 cm³/mol. The fraction of sp³-hybridized carbons (Fsp3) is 0.821. The molecule has 1 aromatic rings. The van der Waals surface area contributed by atoms with E-state index in [4.69, 9.17) is 5.73 Å². The summed E-state index contributed by atoms with van der Waals surface area (Å²) in [6.45, 7) is 10.0. The van der Waals surface area contributed by atoms with Gasteiger partial charge < -0.3 is 16.0 Å². The molecule has 2 aliphatic carbocycles. The number of nitrogens with two attached hydrogens (primary N) is 1. The minimum absolute atomic E-state index is 0.0583. The van der Waals surface area contributed by atoms with Crippen molar-refractivity contribution in [1.82, 2.24) is 25.6 Å². The summed E-state index contributed by atoms with van der Waals surface area (Å²) < 4.78 is 0. The van der Waals surface area contributed by atoms with Gasteiger partial charge in [-0.25, -0.2) is 10.0 Å². The second-order valence-electron chi connectivity index (χ2n) is 16.4. The summed E-state index contributed by atoms with van der Waals surface area (Å²) in [6, 6.07) is 10.5. The highest BCUT2D eigenvalue weighted by atomic mass is 16.2. The molecule has 46 heavy (non-hydrogen) atoms. The summed E-state index contributed by atoms with van der Waals surface area (Å²) >= 11 is 0. The number of piperidine rings is 2. The first kappa shape index (κ1) is 33.0. The molecule has 7 unspecified atom stereocenters. The van der Waals surface area contributed by atoms with Gasteiger partial charge in [0.2, 0.25) is 5.91 Å². The lowest BCUT2D eigenvalue weighted by Gasteiger charge is -2.57. The van der Waals surface area contributed by atoms with Crippen LogP contribution < -0.4 is 16.4 Å². The molecular weight excluding hydrogens is 568 g/mol. The van der Waals surface area contributed by atoms with Crippen LogP contribution in [0.15, 0.2) is 24.3 Å². The number of benzene rings is 1. The van der Waals surface area contributed by atoms with Gasteiger partial charge >= 0.3 is 0 Å². The van der Waals surface area contributed by atoms with E-state index in [1.54, 1.807) is 0 Å². The number of rotatable bonds is 7. The van der Waals surface area contributed by atoms with Crippen LogP contribution in [0, 0.1) is 29.1 Å². The van der Waals surface area contributed by atoms with Gasteiger partial charge in [-0.2, -0.15) is 0 Å². The van der Waals surface area contributed by atoms with Gasteiger partial charge in [0.1, 0.15) is 0 Å². The lowest BCUT2D eigenvalue weighted by atomic mass is 9.55. The van der Waals surface area contributed by atoms with Crippen molar-refractivity contribution < 1.29 is 4.79 Å². The Hall–Kier alpha value is -1.51. The van der Waals surface area contributed by atoms with Crippen LogP contribution in [0.3, 0.4) is 0 Å². The van der Waals surface area contributed by atoms with Crippen molar-refractivity contribution in [2.75, 3.05) is 32.7 Å². The molecule has 7 fully saturated rings. The van der Waals surface area contributed by atoms with Crippen molar-refractivity contribution >= 4 is 5.91 Å². The summed E-state index contributed by atoms with van der Waals surface area (Å²) in [5.41, 5.74) is 8.47. The van der Waals surface area contributed by atoms with E-state index in [1.807, 2.05) is 0 Å². The minimum Gasteiger partial charge on any atom is -0.342 e. The van der Waals surface area contributed by atoms with E-state index in [0.29, 0.717) is 30.5 Å². The zero-order chi connectivity index (χ0) is 31.7. The minimum atomic E-state index is -0.0767. The van der Waals surface area contributed by atoms with Gasteiger partial charge in [0.15, 0.2) is 0 Å². The Morgan fingerprint density at radius 3 is 2.48 bits per heavy atom. The summed E-state index contributed by atoms with van der Waals surface area (Å²) in [7, 11) is 0. The number of nitrogens with zero attached hydrogens (tertiary/aromatic N) is 3. The highest BCUT2D eigenvalue weighted by Gasteiger charge is 2.62. The van der Waals surface area contributed by atoms with E-state index in [1.165, 1.54) is 88.2 Å². The zero-order valence-electron chi connectivity index (χ0n) is 29.1. The average Bonchev–Trinajstić information content (AvgIpc) is 3.47. The maximum absolute atomic E-state index is 15.4. The number of fused-ring (bicyclic) bond motifs is 2. The van der Waals surface area contributed by atoms with Crippen LogP contribution in [0.1, 0.15) is 127 Å². The van der Waals surface area contributed by atoms with E-state index in [2.05, 4.69) is 63.7 Å². The first-order valence-electron chi connectivity index (χ1n) is 19.6. The Morgan fingerprint density at radius 1 is 0.957 bits per heavy atom. The molecule has 5 heterocycles. The molecule has 4 N–H and O–H groups in total. The first-order valence-corrected chi connectivity index (χ1v) is 19.6. The summed E-state index contributed by atoms with van der Waals surface area (Å²) in [4.78, 5) is 17.7. The van der Waals surface area contributed by atoms with Gasteiger partial charge in [-0.3, -0.25) is 10.1 Å². The van der Waals surface area contributed by atoms with Crippen LogP contribution in [-0.4, -0.2) is 71.8 Å². The normalized spacial score (nSPS) is 38.6. The van der Waals surface area contributed by atoms with Gasteiger partial charge in [0, 0.05) is 68.7 Å². The largest absolute Gasteiger partial charge is 0.342 e. The van der Waals surface area contributed by atoms with Crippen LogP contribution in [0.25, 0.3) is 0 Å². The number of hydrogen-bond donors (Lipinski definition) is 3. The van der Waals surface area contributed by atoms with Crippen molar-refractivity contribution in [3.63, 3.8) is 0 Å². The molecule has 7 nitrogen and oxygen atoms in total. The number of carbonyl (C=O) groups is 1. The molecule has 256 valence electrons. The fourth-order valence-corrected chi connectivity index (χ4v) is 11.5. The predicted octanol–water partition coefficient (Wildman–Crippen LogP) is 6.20. The van der Waals surface area contributed by atoms with E-state index >= 15 is 4.79 Å². The van der Waals surface area contributed by atoms with Crippen LogP contribution in [-0.2, 0) is 11.3 Å². The Labute approximate surface area is 279 Å². The van der Waals surface area contributed by atoms with Crippen molar-refractivity contribution in [1.29, 1.82) is 0 Å². The lowest BCUT2D eigenvalue weighted by molar-refractivity contribution is -0.155. The molecule has 7 atom stereocenters. The fourth-order valence-electron chi connectivity index (χ4n) is 11.5. The van der Waals surface area contributed by atoms with E-state index < -0.39 is 0 Å². The third-order valence-electron chi connectivity index (χ3n) is 13.5.